The molecule has 1 atom stereocenters. The summed E-state index contributed by atoms with van der Waals surface area (Å²) in [5.41, 5.74) is 2.14. The second-order valence-electron chi connectivity index (χ2n) is 7.52. The predicted molar refractivity (Wildman–Crippen MR) is 130 cm³/mol. The number of aliphatic hydroxyl groups excluding tert-OH is 1. The zero-order chi connectivity index (χ0) is 25.3. The van der Waals surface area contributed by atoms with E-state index in [0.29, 0.717) is 17.7 Å². The van der Waals surface area contributed by atoms with Gasteiger partial charge in [0.2, 0.25) is 11.8 Å². The Morgan fingerprint density at radius 2 is 2.09 bits per heavy atom. The van der Waals surface area contributed by atoms with E-state index in [-0.39, 0.29) is 31.2 Å². The Morgan fingerprint density at radius 1 is 1.35 bits per heavy atom. The number of benzene rings is 1. The quantitative estimate of drug-likeness (QED) is 0.551. The monoisotopic (exact) mass is 488 g/mol. The van der Waals surface area contributed by atoms with Crippen molar-refractivity contribution >= 4 is 35.2 Å². The molecule has 1 unspecified atom stereocenters. The van der Waals surface area contributed by atoms with E-state index in [1.165, 1.54) is 6.20 Å². The lowest BCUT2D eigenvalue weighted by Crippen LogP contribution is -2.47. The third kappa shape index (κ3) is 7.48. The molecule has 4 amide bonds. The Hall–Kier alpha value is -3.59. The topological polar surface area (TPSA) is 121 Å². The highest BCUT2D eigenvalue weighted by Crippen LogP contribution is 2.21. The van der Waals surface area contributed by atoms with Crippen molar-refractivity contribution in [2.75, 3.05) is 20.2 Å². The van der Waals surface area contributed by atoms with Crippen LogP contribution in [0.25, 0.3) is 5.76 Å². The first kappa shape index (κ1) is 26.7. The molecule has 1 aliphatic heterocycles. The Bertz CT molecular complexity index is 1040. The summed E-state index contributed by atoms with van der Waals surface area (Å²) in [7, 11) is 1.65. The molecule has 0 radical (unpaired) electrons. The number of nitrogens with zero attached hydrogens (tertiary/aromatic N) is 2. The van der Waals surface area contributed by atoms with Crippen LogP contribution in [0.1, 0.15) is 42.6 Å². The number of carbonyl (C=O) groups excluding carboxylic acids is 3. The Labute approximate surface area is 203 Å². The molecule has 0 aliphatic carbocycles. The summed E-state index contributed by atoms with van der Waals surface area (Å²) in [5, 5.41) is 15.3. The maximum absolute atomic E-state index is 12.4. The van der Waals surface area contributed by atoms with Gasteiger partial charge in [-0.2, -0.15) is 0 Å². The molecule has 1 fully saturated rings. The predicted octanol–water partition coefficient (Wildman–Crippen LogP) is 3.78. The van der Waals surface area contributed by atoms with E-state index in [0.717, 1.165) is 21.2 Å². The highest BCUT2D eigenvalue weighted by molar-refractivity contribution is 6.30. The maximum Gasteiger partial charge on any atom is 0.325 e. The molecule has 1 aromatic heterocycles. The number of rotatable bonds is 5. The molecule has 2 heterocycles. The molecule has 0 saturated carbocycles. The Kier molecular flexibility index (Phi) is 9.88. The minimum absolute atomic E-state index is 0.0848. The van der Waals surface area contributed by atoms with E-state index in [4.69, 9.17) is 16.3 Å². The van der Waals surface area contributed by atoms with Gasteiger partial charge >= 0.3 is 6.03 Å². The fraction of sp³-hybridized carbons (Fsp3) is 0.333. The third-order valence-electron chi connectivity index (χ3n) is 5.05. The van der Waals surface area contributed by atoms with Gasteiger partial charge in [0.15, 0.2) is 0 Å². The van der Waals surface area contributed by atoms with Crippen LogP contribution in [-0.2, 0) is 9.59 Å². The highest BCUT2D eigenvalue weighted by Gasteiger charge is 2.28. The van der Waals surface area contributed by atoms with Gasteiger partial charge in [-0.15, -0.1) is 0 Å². The number of urea groups is 1. The van der Waals surface area contributed by atoms with Crippen molar-refractivity contribution in [3.8, 4) is 5.75 Å². The second kappa shape index (κ2) is 12.6. The number of methoxy groups -OCH3 is 1. The number of carbonyl (C=O) groups is 3. The van der Waals surface area contributed by atoms with E-state index in [1.807, 2.05) is 32.0 Å². The van der Waals surface area contributed by atoms with Crippen molar-refractivity contribution in [1.29, 1.82) is 0 Å². The van der Waals surface area contributed by atoms with Crippen LogP contribution in [0.3, 0.4) is 0 Å². The van der Waals surface area contributed by atoms with Crippen molar-refractivity contribution in [2.45, 2.75) is 32.7 Å². The molecule has 0 spiro atoms. The van der Waals surface area contributed by atoms with Crippen LogP contribution in [0.15, 0.2) is 43.1 Å². The van der Waals surface area contributed by atoms with Crippen LogP contribution in [0.2, 0.25) is 5.02 Å². The first-order valence-corrected chi connectivity index (χ1v) is 11.1. The number of aliphatic hydroxyl groups is 1. The molecule has 1 aliphatic rings. The van der Waals surface area contributed by atoms with Gasteiger partial charge in [-0.1, -0.05) is 25.1 Å². The average Bonchev–Trinajstić information content (AvgIpc) is 2.98. The number of imide groups is 1. The van der Waals surface area contributed by atoms with Gasteiger partial charge in [0, 0.05) is 29.7 Å². The molecule has 3 rings (SSSR count). The van der Waals surface area contributed by atoms with E-state index in [2.05, 4.69) is 22.2 Å². The Balaban J connectivity index is 0.000000340. The minimum atomic E-state index is -0.624. The van der Waals surface area contributed by atoms with Gasteiger partial charge in [0.1, 0.15) is 18.1 Å². The summed E-state index contributed by atoms with van der Waals surface area (Å²) < 4.78 is 5.04. The van der Waals surface area contributed by atoms with Crippen molar-refractivity contribution in [3.63, 3.8) is 0 Å². The zero-order valence-corrected chi connectivity index (χ0v) is 20.2. The lowest BCUT2D eigenvalue weighted by atomic mass is 10.1. The molecular formula is C24H29ClN4O5. The van der Waals surface area contributed by atoms with E-state index < -0.39 is 18.0 Å². The number of ether oxygens (including phenoxy) is 1. The van der Waals surface area contributed by atoms with E-state index in [1.54, 1.807) is 19.2 Å². The number of pyridine rings is 1. The van der Waals surface area contributed by atoms with Crippen LogP contribution in [0.5, 0.6) is 5.75 Å². The van der Waals surface area contributed by atoms with Crippen LogP contribution in [-0.4, -0.2) is 53.0 Å². The van der Waals surface area contributed by atoms with Crippen molar-refractivity contribution in [1.82, 2.24) is 20.5 Å². The molecule has 0 bridgehead atoms. The lowest BCUT2D eigenvalue weighted by molar-refractivity contribution is -0.130. The van der Waals surface area contributed by atoms with Gasteiger partial charge in [-0.05, 0) is 49.2 Å². The SMILES string of the molecule is C=C(O)c1ccc(C(CC)NC(=O)N2CC(=O)NCCC2=O)nc1.COc1ccc(Cl)cc1C. The smallest absolute Gasteiger partial charge is 0.325 e. The molecule has 2 aromatic rings. The molecule has 9 nitrogen and oxygen atoms in total. The fourth-order valence-corrected chi connectivity index (χ4v) is 3.38. The fourth-order valence-electron chi connectivity index (χ4n) is 3.15. The van der Waals surface area contributed by atoms with Crippen LogP contribution < -0.4 is 15.4 Å². The first-order chi connectivity index (χ1) is 16.2. The third-order valence-corrected chi connectivity index (χ3v) is 5.28. The first-order valence-electron chi connectivity index (χ1n) is 10.7. The normalized spacial score (nSPS) is 14.2. The van der Waals surface area contributed by atoms with Crippen molar-refractivity contribution in [3.05, 3.63) is 65.0 Å². The summed E-state index contributed by atoms with van der Waals surface area (Å²) >= 11 is 5.72. The number of nitrogens with one attached hydrogen (secondary N) is 2. The molecule has 3 N–H and O–H groups in total. The maximum atomic E-state index is 12.4. The van der Waals surface area contributed by atoms with Crippen LogP contribution in [0, 0.1) is 6.92 Å². The number of amides is 4. The molecule has 10 heteroatoms. The van der Waals surface area contributed by atoms with Gasteiger partial charge in [0.25, 0.3) is 0 Å². The highest BCUT2D eigenvalue weighted by atomic mass is 35.5. The molecule has 1 aromatic carbocycles. The summed E-state index contributed by atoms with van der Waals surface area (Å²) in [6.07, 6.45) is 2.09. The molecule has 1 saturated heterocycles. The van der Waals surface area contributed by atoms with Gasteiger partial charge in [-0.3, -0.25) is 19.5 Å². The number of halogens is 1. The van der Waals surface area contributed by atoms with Crippen molar-refractivity contribution < 1.29 is 24.2 Å². The number of aromatic nitrogens is 1. The minimum Gasteiger partial charge on any atom is -0.508 e. The van der Waals surface area contributed by atoms with Crippen LogP contribution >= 0.6 is 11.6 Å². The number of hydrogen-bond acceptors (Lipinski definition) is 6. The summed E-state index contributed by atoms with van der Waals surface area (Å²) in [6, 6.07) is 7.82. The summed E-state index contributed by atoms with van der Waals surface area (Å²) in [5.74, 6) is 0.0188. The average molecular weight is 489 g/mol. The molecule has 34 heavy (non-hydrogen) atoms. The summed E-state index contributed by atoms with van der Waals surface area (Å²) in [4.78, 5) is 41.0. The van der Waals surface area contributed by atoms with Crippen molar-refractivity contribution in [2.24, 2.45) is 0 Å². The van der Waals surface area contributed by atoms with Gasteiger partial charge < -0.3 is 20.5 Å². The molecule has 182 valence electrons. The van der Waals surface area contributed by atoms with E-state index in [9.17, 15) is 19.5 Å². The lowest BCUT2D eigenvalue weighted by Gasteiger charge is -2.22. The standard InChI is InChI=1S/C16H20N4O4.C8H9ClO/c1-3-12(13-5-4-11(8-18-13)10(2)21)19-16(24)20-9-14(22)17-7-6-15(20)23;1-6-5-7(9)3-4-8(6)10-2/h4-5,8,12,21H,2-3,6-7,9H2,1H3,(H,17,22)(H,19,24);3-5H,1-2H3. The zero-order valence-electron chi connectivity index (χ0n) is 19.4. The molecular weight excluding hydrogens is 460 g/mol. The van der Waals surface area contributed by atoms with Crippen LogP contribution in [0.4, 0.5) is 4.79 Å². The second-order valence-corrected chi connectivity index (χ2v) is 7.96. The Morgan fingerprint density at radius 3 is 2.65 bits per heavy atom. The summed E-state index contributed by atoms with van der Waals surface area (Å²) in [6.45, 7) is 7.18. The number of aryl methyl sites for hydroxylation is 1. The van der Waals surface area contributed by atoms with Gasteiger partial charge in [0.05, 0.1) is 18.8 Å². The largest absolute Gasteiger partial charge is 0.508 e. The van der Waals surface area contributed by atoms with E-state index >= 15 is 0 Å². The number of hydrogen-bond donors (Lipinski definition) is 3. The van der Waals surface area contributed by atoms with Gasteiger partial charge in [-0.25, -0.2) is 4.79 Å².